The third-order valence-corrected chi connectivity index (χ3v) is 4.01. The predicted octanol–water partition coefficient (Wildman–Crippen LogP) is 2.94. The van der Waals surface area contributed by atoms with E-state index < -0.39 is 0 Å². The fourth-order valence-electron chi connectivity index (χ4n) is 2.94. The highest BCUT2D eigenvalue weighted by molar-refractivity contribution is 5.91. The summed E-state index contributed by atoms with van der Waals surface area (Å²) in [7, 11) is 0. The highest BCUT2D eigenvalue weighted by Gasteiger charge is 2.18. The van der Waals surface area contributed by atoms with E-state index in [0.29, 0.717) is 6.42 Å². The maximum atomic E-state index is 12.0. The number of fused-ring (bicyclic) bond motifs is 1. The topological polar surface area (TPSA) is 50.4 Å². The van der Waals surface area contributed by atoms with Gasteiger partial charge in [0.2, 0.25) is 5.91 Å². The molecule has 108 valence electrons. The van der Waals surface area contributed by atoms with Gasteiger partial charge in [0.05, 0.1) is 12.5 Å². The van der Waals surface area contributed by atoms with Gasteiger partial charge in [0, 0.05) is 24.5 Å². The van der Waals surface area contributed by atoms with Crippen LogP contribution in [0, 0.1) is 0 Å². The Morgan fingerprint density at radius 3 is 3.15 bits per heavy atom. The molecule has 0 bridgehead atoms. The third-order valence-electron chi connectivity index (χ3n) is 4.01. The van der Waals surface area contributed by atoms with Crippen LogP contribution in [0.15, 0.2) is 18.2 Å². The van der Waals surface area contributed by atoms with Gasteiger partial charge < -0.3 is 15.4 Å². The maximum Gasteiger partial charge on any atom is 0.226 e. The molecule has 1 saturated heterocycles. The van der Waals surface area contributed by atoms with Gasteiger partial charge in [0.25, 0.3) is 0 Å². The van der Waals surface area contributed by atoms with Crippen molar-refractivity contribution in [1.82, 2.24) is 0 Å². The van der Waals surface area contributed by atoms with Crippen LogP contribution in [0.5, 0.6) is 0 Å². The summed E-state index contributed by atoms with van der Waals surface area (Å²) in [6, 6.07) is 6.11. The van der Waals surface area contributed by atoms with Crippen LogP contribution in [0.3, 0.4) is 0 Å². The van der Waals surface area contributed by atoms with Gasteiger partial charge in [-0.05, 0) is 55.9 Å². The average molecular weight is 274 g/mol. The van der Waals surface area contributed by atoms with E-state index in [-0.39, 0.29) is 12.0 Å². The van der Waals surface area contributed by atoms with Crippen LogP contribution in [-0.4, -0.2) is 25.2 Å². The van der Waals surface area contributed by atoms with Gasteiger partial charge in [-0.1, -0.05) is 0 Å². The zero-order valence-corrected chi connectivity index (χ0v) is 11.8. The first kappa shape index (κ1) is 13.4. The molecule has 1 aromatic carbocycles. The summed E-state index contributed by atoms with van der Waals surface area (Å²) in [5, 5.41) is 6.37. The molecule has 0 saturated carbocycles. The number of hydrogen-bond acceptors (Lipinski definition) is 3. The second-order valence-corrected chi connectivity index (χ2v) is 5.64. The first-order chi connectivity index (χ1) is 9.81. The number of aryl methyl sites for hydroxylation is 1. The van der Waals surface area contributed by atoms with Crippen molar-refractivity contribution < 1.29 is 9.53 Å². The van der Waals surface area contributed by atoms with Gasteiger partial charge in [0.15, 0.2) is 0 Å². The summed E-state index contributed by atoms with van der Waals surface area (Å²) in [6.45, 7) is 1.83. The molecule has 4 nitrogen and oxygen atoms in total. The van der Waals surface area contributed by atoms with Crippen molar-refractivity contribution in [2.75, 3.05) is 23.8 Å². The lowest BCUT2D eigenvalue weighted by Gasteiger charge is -2.22. The lowest BCUT2D eigenvalue weighted by molar-refractivity contribution is -0.119. The molecule has 20 heavy (non-hydrogen) atoms. The molecule has 1 unspecified atom stereocenters. The highest BCUT2D eigenvalue weighted by atomic mass is 16.5. The van der Waals surface area contributed by atoms with Gasteiger partial charge >= 0.3 is 0 Å². The summed E-state index contributed by atoms with van der Waals surface area (Å²) in [4.78, 5) is 12.0. The quantitative estimate of drug-likeness (QED) is 0.891. The van der Waals surface area contributed by atoms with Gasteiger partial charge in [-0.2, -0.15) is 0 Å². The number of ether oxygens (including phenoxy) is 1. The zero-order chi connectivity index (χ0) is 13.8. The Morgan fingerprint density at radius 1 is 1.35 bits per heavy atom. The molecule has 2 aliphatic heterocycles. The third kappa shape index (κ3) is 3.31. The minimum atomic E-state index is 0.0561. The molecular formula is C16H22N2O2. The second-order valence-electron chi connectivity index (χ2n) is 5.64. The number of carbonyl (C=O) groups excluding carboxylic acids is 1. The number of nitrogens with one attached hydrogen (secondary N) is 2. The molecule has 4 heteroatoms. The molecule has 0 radical (unpaired) electrons. The van der Waals surface area contributed by atoms with E-state index in [9.17, 15) is 4.79 Å². The minimum absolute atomic E-state index is 0.0561. The number of amides is 1. The number of anilines is 2. The fraction of sp³-hybridized carbons (Fsp3) is 0.562. The minimum Gasteiger partial charge on any atom is -0.385 e. The van der Waals surface area contributed by atoms with Crippen LogP contribution in [-0.2, 0) is 16.0 Å². The molecule has 2 N–H and O–H groups in total. The van der Waals surface area contributed by atoms with E-state index in [1.807, 2.05) is 6.07 Å². The van der Waals surface area contributed by atoms with Crippen molar-refractivity contribution in [3.8, 4) is 0 Å². The van der Waals surface area contributed by atoms with E-state index >= 15 is 0 Å². The molecule has 0 aliphatic carbocycles. The highest BCUT2D eigenvalue weighted by Crippen LogP contribution is 2.25. The predicted molar refractivity (Wildman–Crippen MR) is 80.1 cm³/mol. The van der Waals surface area contributed by atoms with Crippen molar-refractivity contribution in [3.63, 3.8) is 0 Å². The maximum absolute atomic E-state index is 12.0. The van der Waals surface area contributed by atoms with Gasteiger partial charge in [0.1, 0.15) is 0 Å². The number of carbonyl (C=O) groups is 1. The first-order valence-electron chi connectivity index (χ1n) is 7.59. The summed E-state index contributed by atoms with van der Waals surface area (Å²) in [6.07, 6.45) is 6.09. The Hall–Kier alpha value is -1.55. The smallest absolute Gasteiger partial charge is 0.226 e. The van der Waals surface area contributed by atoms with E-state index in [1.165, 1.54) is 17.7 Å². The molecule has 0 aromatic heterocycles. The van der Waals surface area contributed by atoms with Gasteiger partial charge in [-0.25, -0.2) is 0 Å². The van der Waals surface area contributed by atoms with Gasteiger partial charge in [-0.15, -0.1) is 0 Å². The number of rotatable bonds is 3. The number of hydrogen-bond donors (Lipinski definition) is 2. The standard InChI is InChI=1S/C16H22N2O2/c19-16(11-14-5-1-2-9-20-14)18-13-6-7-15-12(10-13)4-3-8-17-15/h6-7,10,14,17H,1-5,8-9,11H2,(H,18,19). The normalized spacial score (nSPS) is 21.7. The van der Waals surface area contributed by atoms with E-state index in [4.69, 9.17) is 4.74 Å². The van der Waals surface area contributed by atoms with Crippen LogP contribution in [0.4, 0.5) is 11.4 Å². The van der Waals surface area contributed by atoms with Crippen LogP contribution in [0.25, 0.3) is 0 Å². The fourth-order valence-corrected chi connectivity index (χ4v) is 2.94. The molecular weight excluding hydrogens is 252 g/mol. The zero-order valence-electron chi connectivity index (χ0n) is 11.8. The summed E-state index contributed by atoms with van der Waals surface area (Å²) >= 11 is 0. The first-order valence-corrected chi connectivity index (χ1v) is 7.59. The van der Waals surface area contributed by atoms with Crippen molar-refractivity contribution in [2.45, 2.75) is 44.6 Å². The lowest BCUT2D eigenvalue weighted by Crippen LogP contribution is -2.25. The molecule has 2 heterocycles. The Morgan fingerprint density at radius 2 is 2.30 bits per heavy atom. The monoisotopic (exact) mass is 274 g/mol. The lowest BCUT2D eigenvalue weighted by atomic mass is 10.0. The van der Waals surface area contributed by atoms with Gasteiger partial charge in [-0.3, -0.25) is 4.79 Å². The summed E-state index contributed by atoms with van der Waals surface area (Å²) in [5.41, 5.74) is 3.39. The second kappa shape index (κ2) is 6.27. The van der Waals surface area contributed by atoms with Crippen molar-refractivity contribution in [3.05, 3.63) is 23.8 Å². The summed E-state index contributed by atoms with van der Waals surface area (Å²) < 4.78 is 5.61. The average Bonchev–Trinajstić information content (AvgIpc) is 2.48. The van der Waals surface area contributed by atoms with Crippen LogP contribution < -0.4 is 10.6 Å². The molecule has 1 atom stereocenters. The largest absolute Gasteiger partial charge is 0.385 e. The SMILES string of the molecule is O=C(CC1CCCCO1)Nc1ccc2c(c1)CCCN2. The Labute approximate surface area is 119 Å². The number of benzene rings is 1. The van der Waals surface area contributed by atoms with Crippen LogP contribution in [0.1, 0.15) is 37.7 Å². The van der Waals surface area contributed by atoms with Crippen LogP contribution >= 0.6 is 0 Å². The Balaban J connectivity index is 1.58. The van der Waals surface area contributed by atoms with E-state index in [2.05, 4.69) is 22.8 Å². The van der Waals surface area contributed by atoms with E-state index in [0.717, 1.165) is 44.5 Å². The van der Waals surface area contributed by atoms with Crippen LogP contribution in [0.2, 0.25) is 0 Å². The molecule has 3 rings (SSSR count). The Bertz CT molecular complexity index is 481. The molecule has 1 aromatic rings. The summed E-state index contributed by atoms with van der Waals surface area (Å²) in [5.74, 6) is 0.0561. The molecule has 2 aliphatic rings. The Kier molecular flexibility index (Phi) is 4.21. The van der Waals surface area contributed by atoms with Crippen molar-refractivity contribution in [1.29, 1.82) is 0 Å². The molecule has 0 spiro atoms. The van der Waals surface area contributed by atoms with E-state index in [1.54, 1.807) is 0 Å². The van der Waals surface area contributed by atoms with Crippen molar-refractivity contribution >= 4 is 17.3 Å². The molecule has 1 amide bonds. The van der Waals surface area contributed by atoms with Crippen molar-refractivity contribution in [2.24, 2.45) is 0 Å². The molecule has 1 fully saturated rings.